The van der Waals surface area contributed by atoms with Gasteiger partial charge in [-0.25, -0.2) is 4.98 Å². The summed E-state index contributed by atoms with van der Waals surface area (Å²) in [7, 11) is 0. The van der Waals surface area contributed by atoms with Crippen LogP contribution in [0.4, 0.5) is 0 Å². The predicted molar refractivity (Wildman–Crippen MR) is 73.7 cm³/mol. The van der Waals surface area contributed by atoms with Crippen molar-refractivity contribution in [1.82, 2.24) is 14.9 Å². The van der Waals surface area contributed by atoms with Crippen LogP contribution in [0.2, 0.25) is 0 Å². The summed E-state index contributed by atoms with van der Waals surface area (Å²) in [6.45, 7) is 3.84. The fraction of sp³-hybridized carbons (Fsp3) is 0.583. The summed E-state index contributed by atoms with van der Waals surface area (Å²) >= 11 is 4.86. The third kappa shape index (κ3) is 3.89. The third-order valence-corrected chi connectivity index (χ3v) is 3.18. The van der Waals surface area contributed by atoms with E-state index in [1.54, 1.807) is 12.3 Å². The van der Waals surface area contributed by atoms with Gasteiger partial charge in [0.15, 0.2) is 0 Å². The molecule has 2 heterocycles. The minimum atomic E-state index is 0.262. The van der Waals surface area contributed by atoms with E-state index >= 15 is 0 Å². The van der Waals surface area contributed by atoms with E-state index in [1.165, 1.54) is 19.3 Å². The molecule has 1 fully saturated rings. The summed E-state index contributed by atoms with van der Waals surface area (Å²) in [5.74, 6) is 0. The summed E-state index contributed by atoms with van der Waals surface area (Å²) < 4.78 is 5.52. The average Bonchev–Trinajstić information content (AvgIpc) is 2.40. The molecule has 1 aliphatic rings. The molecule has 0 unspecified atom stereocenters. The van der Waals surface area contributed by atoms with Gasteiger partial charge in [-0.15, -0.1) is 0 Å². The van der Waals surface area contributed by atoms with Gasteiger partial charge in [0.05, 0.1) is 0 Å². The van der Waals surface area contributed by atoms with Crippen LogP contribution in [0.25, 0.3) is 0 Å². The summed E-state index contributed by atoms with van der Waals surface area (Å²) in [6, 6.07) is 2.03. The third-order valence-electron chi connectivity index (χ3n) is 2.97. The number of rotatable bonds is 5. The second-order valence-electron chi connectivity index (χ2n) is 4.34. The van der Waals surface area contributed by atoms with Crippen LogP contribution in [0.3, 0.4) is 0 Å². The number of nitrogens with zero attached hydrogens (tertiary/aromatic N) is 3. The van der Waals surface area contributed by atoms with Crippen LogP contribution in [0, 0.1) is 0 Å². The van der Waals surface area contributed by atoms with Crippen molar-refractivity contribution in [2.24, 2.45) is 5.73 Å². The molecule has 1 saturated heterocycles. The van der Waals surface area contributed by atoms with Gasteiger partial charge < -0.3 is 10.5 Å². The van der Waals surface area contributed by atoms with Gasteiger partial charge in [-0.1, -0.05) is 18.6 Å². The van der Waals surface area contributed by atoms with E-state index in [2.05, 4.69) is 14.9 Å². The topological polar surface area (TPSA) is 64.3 Å². The van der Waals surface area contributed by atoms with Crippen LogP contribution in [0.15, 0.2) is 12.3 Å². The zero-order valence-electron chi connectivity index (χ0n) is 10.3. The number of ether oxygens (including phenoxy) is 1. The van der Waals surface area contributed by atoms with Crippen molar-refractivity contribution in [1.29, 1.82) is 0 Å². The van der Waals surface area contributed by atoms with Crippen LogP contribution in [0.5, 0.6) is 6.01 Å². The Hall–Kier alpha value is -1.27. The first-order valence-corrected chi connectivity index (χ1v) is 6.64. The van der Waals surface area contributed by atoms with E-state index in [-0.39, 0.29) is 4.99 Å². The van der Waals surface area contributed by atoms with Gasteiger partial charge in [0, 0.05) is 12.7 Å². The average molecular weight is 266 g/mol. The van der Waals surface area contributed by atoms with Crippen LogP contribution in [0.1, 0.15) is 25.0 Å². The van der Waals surface area contributed by atoms with E-state index in [4.69, 9.17) is 22.7 Å². The highest BCUT2D eigenvalue weighted by Crippen LogP contribution is 2.08. The number of thiocarbonyl (C=S) groups is 1. The van der Waals surface area contributed by atoms with E-state index < -0.39 is 0 Å². The molecule has 0 spiro atoms. The van der Waals surface area contributed by atoms with Gasteiger partial charge in [-0.2, -0.15) is 4.98 Å². The molecule has 0 amide bonds. The number of hydrogen-bond donors (Lipinski definition) is 1. The van der Waals surface area contributed by atoms with Gasteiger partial charge in [-0.3, -0.25) is 4.90 Å². The molecule has 98 valence electrons. The molecular weight excluding hydrogens is 248 g/mol. The molecule has 0 saturated carbocycles. The predicted octanol–water partition coefficient (Wildman–Crippen LogP) is 0.975. The fourth-order valence-electron chi connectivity index (χ4n) is 2.00. The maximum Gasteiger partial charge on any atom is 0.317 e. The van der Waals surface area contributed by atoms with Crippen molar-refractivity contribution in [2.75, 3.05) is 26.2 Å². The number of nitrogens with two attached hydrogens (primary N) is 1. The van der Waals surface area contributed by atoms with Crippen LogP contribution < -0.4 is 10.5 Å². The quantitative estimate of drug-likeness (QED) is 0.801. The van der Waals surface area contributed by atoms with Gasteiger partial charge in [0.25, 0.3) is 0 Å². The second kappa shape index (κ2) is 6.61. The lowest BCUT2D eigenvalue weighted by Crippen LogP contribution is -2.33. The Balaban J connectivity index is 1.78. The van der Waals surface area contributed by atoms with Crippen molar-refractivity contribution >= 4 is 17.2 Å². The molecule has 5 nitrogen and oxygen atoms in total. The fourth-order valence-corrected chi connectivity index (χ4v) is 2.11. The zero-order valence-corrected chi connectivity index (χ0v) is 11.2. The Kier molecular flexibility index (Phi) is 4.83. The number of hydrogen-bond acceptors (Lipinski definition) is 5. The van der Waals surface area contributed by atoms with Crippen molar-refractivity contribution in [3.05, 3.63) is 18.0 Å². The van der Waals surface area contributed by atoms with Crippen molar-refractivity contribution in [2.45, 2.75) is 19.3 Å². The molecular formula is C12H18N4OS. The summed E-state index contributed by atoms with van der Waals surface area (Å²) in [5, 5.41) is 0. The lowest BCUT2D eigenvalue weighted by Gasteiger charge is -2.25. The van der Waals surface area contributed by atoms with E-state index in [9.17, 15) is 0 Å². The summed E-state index contributed by atoms with van der Waals surface area (Å²) in [5.41, 5.74) is 6.05. The maximum absolute atomic E-state index is 5.52. The lowest BCUT2D eigenvalue weighted by molar-refractivity contribution is 0.177. The molecule has 6 heteroatoms. The normalized spacial score (nSPS) is 16.4. The largest absolute Gasteiger partial charge is 0.462 e. The Morgan fingerprint density at radius 2 is 2.17 bits per heavy atom. The standard InChI is InChI=1S/C12H18N4OS/c13-11(18)10-4-5-14-12(15-10)17-9-8-16-6-2-1-3-7-16/h4-5H,1-3,6-9H2,(H2,13,18). The Morgan fingerprint density at radius 3 is 2.89 bits per heavy atom. The molecule has 2 N–H and O–H groups in total. The SMILES string of the molecule is NC(=S)c1ccnc(OCCN2CCCCC2)n1. The molecule has 0 bridgehead atoms. The highest BCUT2D eigenvalue weighted by molar-refractivity contribution is 7.80. The van der Waals surface area contributed by atoms with Crippen molar-refractivity contribution in [3.63, 3.8) is 0 Å². The van der Waals surface area contributed by atoms with E-state index in [0.717, 1.165) is 19.6 Å². The smallest absolute Gasteiger partial charge is 0.317 e. The van der Waals surface area contributed by atoms with Crippen molar-refractivity contribution in [3.8, 4) is 6.01 Å². The number of piperidine rings is 1. The van der Waals surface area contributed by atoms with Crippen LogP contribution >= 0.6 is 12.2 Å². The Bertz CT molecular complexity index is 407. The Morgan fingerprint density at radius 1 is 1.39 bits per heavy atom. The highest BCUT2D eigenvalue weighted by Gasteiger charge is 2.10. The maximum atomic E-state index is 5.52. The Labute approximate surface area is 112 Å². The summed E-state index contributed by atoms with van der Waals surface area (Å²) in [6.07, 6.45) is 5.52. The van der Waals surface area contributed by atoms with Gasteiger partial charge >= 0.3 is 6.01 Å². The molecule has 2 rings (SSSR count). The first kappa shape index (κ1) is 13.2. The molecule has 1 aliphatic heterocycles. The molecule has 0 radical (unpaired) electrons. The van der Waals surface area contributed by atoms with Gasteiger partial charge in [0.1, 0.15) is 17.3 Å². The first-order valence-electron chi connectivity index (χ1n) is 6.24. The van der Waals surface area contributed by atoms with Crippen molar-refractivity contribution < 1.29 is 4.74 Å². The highest BCUT2D eigenvalue weighted by atomic mass is 32.1. The molecule has 18 heavy (non-hydrogen) atoms. The molecule has 1 aromatic heterocycles. The minimum Gasteiger partial charge on any atom is -0.462 e. The molecule has 0 aromatic carbocycles. The van der Waals surface area contributed by atoms with E-state index in [1.807, 2.05) is 0 Å². The summed E-state index contributed by atoms with van der Waals surface area (Å²) in [4.78, 5) is 10.8. The van der Waals surface area contributed by atoms with E-state index in [0.29, 0.717) is 18.3 Å². The van der Waals surface area contributed by atoms with Gasteiger partial charge in [0.2, 0.25) is 0 Å². The minimum absolute atomic E-state index is 0.262. The second-order valence-corrected chi connectivity index (χ2v) is 4.78. The molecule has 0 aliphatic carbocycles. The van der Waals surface area contributed by atoms with Crippen LogP contribution in [-0.4, -0.2) is 46.1 Å². The van der Waals surface area contributed by atoms with Crippen LogP contribution in [-0.2, 0) is 0 Å². The monoisotopic (exact) mass is 266 g/mol. The number of aromatic nitrogens is 2. The first-order chi connectivity index (χ1) is 8.75. The zero-order chi connectivity index (χ0) is 12.8. The number of likely N-dealkylation sites (tertiary alicyclic amines) is 1. The molecule has 0 atom stereocenters. The van der Waals surface area contributed by atoms with Gasteiger partial charge in [-0.05, 0) is 32.0 Å². The lowest BCUT2D eigenvalue weighted by atomic mass is 10.1. The molecule has 1 aromatic rings.